The number of amides is 1. The van der Waals surface area contributed by atoms with Gasteiger partial charge in [0.15, 0.2) is 9.47 Å². The number of carbonyl (C=O) groups is 1. The number of thiazole rings is 2. The van der Waals surface area contributed by atoms with E-state index in [9.17, 15) is 14.9 Å². The summed E-state index contributed by atoms with van der Waals surface area (Å²) < 4.78 is 0.739. The molecular weight excluding hydrogens is 430 g/mol. The normalized spacial score (nSPS) is 14.2. The maximum Gasteiger partial charge on any atom is 0.284 e. The van der Waals surface area contributed by atoms with Crippen molar-refractivity contribution < 1.29 is 9.72 Å². The maximum atomic E-state index is 12.9. The number of anilines is 1. The predicted octanol–water partition coefficient (Wildman–Crippen LogP) is 3.93. The number of rotatable bonds is 5. The van der Waals surface area contributed by atoms with Crippen LogP contribution in [0.2, 0.25) is 0 Å². The topological polar surface area (TPSA) is 92.5 Å². The number of aryl methyl sites for hydroxylation is 1. The Morgan fingerprint density at radius 1 is 1.24 bits per heavy atom. The van der Waals surface area contributed by atoms with Gasteiger partial charge in [-0.15, -0.1) is 22.7 Å². The van der Waals surface area contributed by atoms with Gasteiger partial charge in [-0.25, -0.2) is 9.97 Å². The van der Waals surface area contributed by atoms with Crippen molar-refractivity contribution in [3.05, 3.63) is 56.5 Å². The van der Waals surface area contributed by atoms with E-state index in [0.717, 1.165) is 15.2 Å². The number of hydrogen-bond acceptors (Lipinski definition) is 9. The summed E-state index contributed by atoms with van der Waals surface area (Å²) in [5.41, 5.74) is 1.14. The summed E-state index contributed by atoms with van der Waals surface area (Å²) in [5.74, 6) is -0.187. The zero-order chi connectivity index (χ0) is 20.4. The molecule has 150 valence electrons. The lowest BCUT2D eigenvalue weighted by molar-refractivity contribution is -0.387. The number of nitro benzene ring substituents is 1. The standard InChI is InChI=1S/C18H17N5O3S3/c1-12-11-28-18(20-12)29-15-3-2-13(10-14(15)23(25)26)16(24)21-5-7-22(8-6-21)17-19-4-9-27-17/h2-4,9-11H,5-8H2,1H3. The third kappa shape index (κ3) is 4.41. The van der Waals surface area contributed by atoms with E-state index in [-0.39, 0.29) is 11.6 Å². The molecule has 0 spiro atoms. The zero-order valence-electron chi connectivity index (χ0n) is 15.5. The number of carbonyl (C=O) groups excluding carboxylic acids is 1. The molecule has 0 atom stereocenters. The van der Waals surface area contributed by atoms with E-state index in [2.05, 4.69) is 14.9 Å². The van der Waals surface area contributed by atoms with Crippen molar-refractivity contribution in [3.8, 4) is 0 Å². The van der Waals surface area contributed by atoms with Crippen molar-refractivity contribution in [1.29, 1.82) is 0 Å². The average molecular weight is 448 g/mol. The van der Waals surface area contributed by atoms with Crippen LogP contribution in [0.1, 0.15) is 16.1 Å². The van der Waals surface area contributed by atoms with Gasteiger partial charge in [-0.1, -0.05) is 11.8 Å². The summed E-state index contributed by atoms with van der Waals surface area (Å²) in [4.78, 5) is 37.0. The summed E-state index contributed by atoms with van der Waals surface area (Å²) >= 11 is 4.26. The Kier molecular flexibility index (Phi) is 5.79. The summed E-state index contributed by atoms with van der Waals surface area (Å²) in [6.45, 7) is 4.38. The largest absolute Gasteiger partial charge is 0.345 e. The lowest BCUT2D eigenvalue weighted by Crippen LogP contribution is -2.48. The third-order valence-corrected chi connectivity index (χ3v) is 7.41. The molecule has 1 saturated heterocycles. The molecule has 0 bridgehead atoms. The smallest absolute Gasteiger partial charge is 0.284 e. The number of nitrogens with zero attached hydrogens (tertiary/aromatic N) is 5. The summed E-state index contributed by atoms with van der Waals surface area (Å²) in [5, 5.41) is 16.4. The van der Waals surface area contributed by atoms with Crippen LogP contribution < -0.4 is 4.90 Å². The Balaban J connectivity index is 1.48. The van der Waals surface area contributed by atoms with E-state index in [1.807, 2.05) is 17.7 Å². The van der Waals surface area contributed by atoms with Gasteiger partial charge in [-0.2, -0.15) is 0 Å². The van der Waals surface area contributed by atoms with Gasteiger partial charge >= 0.3 is 0 Å². The predicted molar refractivity (Wildman–Crippen MR) is 114 cm³/mol. The van der Waals surface area contributed by atoms with Crippen molar-refractivity contribution in [2.45, 2.75) is 16.2 Å². The average Bonchev–Trinajstić information content (AvgIpc) is 3.40. The molecule has 1 aliphatic rings. The minimum absolute atomic E-state index is 0.0740. The molecule has 1 amide bonds. The van der Waals surface area contributed by atoms with Gasteiger partial charge in [0.05, 0.1) is 9.82 Å². The first-order valence-corrected chi connectivity index (χ1v) is 11.4. The first-order valence-electron chi connectivity index (χ1n) is 8.83. The molecule has 3 aromatic rings. The third-order valence-electron chi connectivity index (χ3n) is 4.45. The molecule has 0 N–H and O–H groups in total. The van der Waals surface area contributed by atoms with E-state index in [0.29, 0.717) is 36.6 Å². The van der Waals surface area contributed by atoms with Gasteiger partial charge in [0.25, 0.3) is 11.6 Å². The molecule has 8 nitrogen and oxygen atoms in total. The monoisotopic (exact) mass is 447 g/mol. The Hall–Kier alpha value is -2.50. The van der Waals surface area contributed by atoms with Crippen LogP contribution in [-0.4, -0.2) is 51.9 Å². The van der Waals surface area contributed by atoms with Gasteiger partial charge in [-0.05, 0) is 19.1 Å². The molecule has 1 aromatic carbocycles. The quantitative estimate of drug-likeness (QED) is 0.432. The van der Waals surface area contributed by atoms with Crippen LogP contribution in [0.4, 0.5) is 10.8 Å². The fraction of sp³-hybridized carbons (Fsp3) is 0.278. The first kappa shape index (κ1) is 19.8. The summed E-state index contributed by atoms with van der Waals surface area (Å²) in [6, 6.07) is 4.67. The fourth-order valence-electron chi connectivity index (χ4n) is 3.01. The van der Waals surface area contributed by atoms with Gasteiger partial charge in [0, 0.05) is 60.5 Å². The Morgan fingerprint density at radius 2 is 2.03 bits per heavy atom. The summed E-state index contributed by atoms with van der Waals surface area (Å²) in [7, 11) is 0. The van der Waals surface area contributed by atoms with Crippen molar-refractivity contribution >= 4 is 51.2 Å². The lowest BCUT2D eigenvalue weighted by Gasteiger charge is -2.34. The second kappa shape index (κ2) is 8.47. The molecule has 3 heterocycles. The highest BCUT2D eigenvalue weighted by Crippen LogP contribution is 2.37. The second-order valence-electron chi connectivity index (χ2n) is 6.39. The van der Waals surface area contributed by atoms with Crippen molar-refractivity contribution in [2.24, 2.45) is 0 Å². The lowest BCUT2D eigenvalue weighted by atomic mass is 10.1. The minimum Gasteiger partial charge on any atom is -0.345 e. The first-order chi connectivity index (χ1) is 14.0. The highest BCUT2D eigenvalue weighted by molar-refractivity contribution is 8.01. The SMILES string of the molecule is Cc1csc(Sc2ccc(C(=O)N3CCN(c4nccs4)CC3)cc2[N+](=O)[O-])n1. The fourth-order valence-corrected chi connectivity index (χ4v) is 5.58. The van der Waals surface area contributed by atoms with E-state index >= 15 is 0 Å². The van der Waals surface area contributed by atoms with Crippen LogP contribution in [0.15, 0.2) is 44.4 Å². The zero-order valence-corrected chi connectivity index (χ0v) is 17.9. The molecule has 0 aliphatic carbocycles. The van der Waals surface area contributed by atoms with Gasteiger partial charge in [0.2, 0.25) is 0 Å². The second-order valence-corrected chi connectivity index (χ2v) is 9.41. The highest BCUT2D eigenvalue weighted by Gasteiger charge is 2.26. The van der Waals surface area contributed by atoms with Crippen LogP contribution >= 0.6 is 34.4 Å². The van der Waals surface area contributed by atoms with E-state index in [1.54, 1.807) is 34.6 Å². The van der Waals surface area contributed by atoms with Crippen molar-refractivity contribution in [1.82, 2.24) is 14.9 Å². The number of nitro groups is 1. The van der Waals surface area contributed by atoms with E-state index < -0.39 is 4.92 Å². The van der Waals surface area contributed by atoms with Crippen molar-refractivity contribution in [3.63, 3.8) is 0 Å². The number of aromatic nitrogens is 2. The van der Waals surface area contributed by atoms with Gasteiger partial charge in [-0.3, -0.25) is 14.9 Å². The Bertz CT molecular complexity index is 1030. The molecule has 29 heavy (non-hydrogen) atoms. The molecule has 0 unspecified atom stereocenters. The minimum atomic E-state index is -0.444. The molecule has 1 aliphatic heterocycles. The molecular formula is C18H17N5O3S3. The molecule has 4 rings (SSSR count). The van der Waals surface area contributed by atoms with Crippen LogP contribution in [0.3, 0.4) is 0 Å². The maximum absolute atomic E-state index is 12.9. The number of benzene rings is 1. The van der Waals surface area contributed by atoms with Crippen LogP contribution in [0.5, 0.6) is 0 Å². The van der Waals surface area contributed by atoms with Crippen LogP contribution in [0.25, 0.3) is 0 Å². The molecule has 11 heteroatoms. The van der Waals surface area contributed by atoms with Crippen molar-refractivity contribution in [2.75, 3.05) is 31.1 Å². The van der Waals surface area contributed by atoms with E-state index in [4.69, 9.17) is 0 Å². The van der Waals surface area contributed by atoms with Crippen LogP contribution in [0, 0.1) is 17.0 Å². The Morgan fingerprint density at radius 3 is 2.66 bits per heavy atom. The van der Waals surface area contributed by atoms with Gasteiger partial charge in [0.1, 0.15) is 0 Å². The number of hydrogen-bond donors (Lipinski definition) is 0. The molecule has 0 saturated carbocycles. The Labute approximate surface area is 179 Å². The molecule has 1 fully saturated rings. The molecule has 2 aromatic heterocycles. The summed E-state index contributed by atoms with van der Waals surface area (Å²) in [6.07, 6.45) is 1.77. The van der Waals surface area contributed by atoms with Crippen LogP contribution in [-0.2, 0) is 0 Å². The number of piperazine rings is 1. The molecule has 0 radical (unpaired) electrons. The highest BCUT2D eigenvalue weighted by atomic mass is 32.2. The van der Waals surface area contributed by atoms with Gasteiger partial charge < -0.3 is 9.80 Å². The van der Waals surface area contributed by atoms with E-state index in [1.165, 1.54) is 29.2 Å².